The zero-order chi connectivity index (χ0) is 28.0. The van der Waals surface area contributed by atoms with E-state index < -0.39 is 0 Å². The number of rotatable bonds is 2. The van der Waals surface area contributed by atoms with E-state index in [0.717, 1.165) is 33.1 Å². The Morgan fingerprint density at radius 3 is 1.83 bits per heavy atom. The predicted molar refractivity (Wildman–Crippen MR) is 177 cm³/mol. The summed E-state index contributed by atoms with van der Waals surface area (Å²) in [7, 11) is 0. The third-order valence-corrected chi connectivity index (χ3v) is 9.48. The van der Waals surface area contributed by atoms with E-state index in [1.54, 1.807) is 0 Å². The molecule has 0 fully saturated rings. The van der Waals surface area contributed by atoms with Crippen LogP contribution in [0.15, 0.2) is 138 Å². The second-order valence-corrected chi connectivity index (χ2v) is 12.1. The van der Waals surface area contributed by atoms with Crippen LogP contribution in [0.3, 0.4) is 0 Å². The van der Waals surface area contributed by atoms with Gasteiger partial charge in [-0.05, 0) is 66.6 Å². The Balaban J connectivity index is 1.30. The maximum atomic E-state index is 6.36. The van der Waals surface area contributed by atoms with E-state index in [-0.39, 0.29) is 5.41 Å². The van der Waals surface area contributed by atoms with Gasteiger partial charge in [-0.2, -0.15) is 0 Å². The van der Waals surface area contributed by atoms with Crippen molar-refractivity contribution in [2.24, 2.45) is 0 Å². The van der Waals surface area contributed by atoms with Crippen molar-refractivity contribution in [3.63, 3.8) is 0 Å². The van der Waals surface area contributed by atoms with E-state index in [9.17, 15) is 0 Å². The van der Waals surface area contributed by atoms with Crippen molar-refractivity contribution in [1.29, 1.82) is 0 Å². The first kappa shape index (κ1) is 23.6. The van der Waals surface area contributed by atoms with Crippen molar-refractivity contribution in [1.82, 2.24) is 0 Å². The van der Waals surface area contributed by atoms with E-state index in [2.05, 4.69) is 135 Å². The van der Waals surface area contributed by atoms with Crippen molar-refractivity contribution >= 4 is 43.5 Å². The molecule has 0 N–H and O–H groups in total. The van der Waals surface area contributed by atoms with Gasteiger partial charge < -0.3 is 4.42 Å². The molecular formula is C41H28O. The Hall–Kier alpha value is -5.14. The first-order valence-corrected chi connectivity index (χ1v) is 14.7. The van der Waals surface area contributed by atoms with Crippen molar-refractivity contribution in [2.45, 2.75) is 19.3 Å². The molecule has 0 radical (unpaired) electrons. The normalized spacial score (nSPS) is 13.7. The van der Waals surface area contributed by atoms with Crippen LogP contribution in [-0.2, 0) is 5.41 Å². The first-order chi connectivity index (χ1) is 20.6. The fourth-order valence-electron chi connectivity index (χ4n) is 7.52. The van der Waals surface area contributed by atoms with Gasteiger partial charge in [0.15, 0.2) is 0 Å². The van der Waals surface area contributed by atoms with Gasteiger partial charge in [-0.1, -0.05) is 141 Å². The maximum Gasteiger partial charge on any atom is 0.143 e. The third kappa shape index (κ3) is 3.08. The minimum absolute atomic E-state index is 0.0854. The SMILES string of the molecule is CC1(C)c2ccccc2-c2c3ccccc3c(-c3ccc(-c4cccc5c4oc4ccccc45)cc3)c3cccc1c23. The molecule has 0 aliphatic heterocycles. The van der Waals surface area contributed by atoms with Crippen molar-refractivity contribution in [3.05, 3.63) is 145 Å². The Kier molecular flexibility index (Phi) is 4.73. The molecule has 0 saturated carbocycles. The maximum absolute atomic E-state index is 6.36. The summed E-state index contributed by atoms with van der Waals surface area (Å²) in [6.07, 6.45) is 0. The van der Waals surface area contributed by atoms with Crippen LogP contribution in [0, 0.1) is 0 Å². The number of hydrogen-bond donors (Lipinski definition) is 0. The number of furan rings is 1. The summed E-state index contributed by atoms with van der Waals surface area (Å²) in [5.74, 6) is 0. The Morgan fingerprint density at radius 2 is 1.00 bits per heavy atom. The lowest BCUT2D eigenvalue weighted by atomic mass is 9.67. The molecule has 0 atom stereocenters. The van der Waals surface area contributed by atoms with Crippen LogP contribution in [0.2, 0.25) is 0 Å². The average Bonchev–Trinajstić information content (AvgIpc) is 3.42. The second-order valence-electron chi connectivity index (χ2n) is 12.1. The third-order valence-electron chi connectivity index (χ3n) is 9.48. The Morgan fingerprint density at radius 1 is 0.429 bits per heavy atom. The largest absolute Gasteiger partial charge is 0.455 e. The van der Waals surface area contributed by atoms with Crippen molar-refractivity contribution in [2.75, 3.05) is 0 Å². The number of hydrogen-bond acceptors (Lipinski definition) is 1. The Labute approximate surface area is 244 Å². The highest BCUT2D eigenvalue weighted by molar-refractivity contribution is 6.23. The molecule has 1 aliphatic carbocycles. The van der Waals surface area contributed by atoms with E-state index in [1.807, 2.05) is 12.1 Å². The van der Waals surface area contributed by atoms with E-state index in [0.29, 0.717) is 0 Å². The van der Waals surface area contributed by atoms with Gasteiger partial charge in [0.25, 0.3) is 0 Å². The lowest BCUT2D eigenvalue weighted by Crippen LogP contribution is -2.23. The minimum atomic E-state index is -0.0854. The molecule has 1 heterocycles. The van der Waals surface area contributed by atoms with Crippen molar-refractivity contribution in [3.8, 4) is 33.4 Å². The monoisotopic (exact) mass is 536 g/mol. The lowest BCUT2D eigenvalue weighted by Gasteiger charge is -2.36. The molecule has 0 spiro atoms. The average molecular weight is 537 g/mol. The molecule has 198 valence electrons. The molecule has 0 saturated heterocycles. The fraction of sp³-hybridized carbons (Fsp3) is 0.0732. The minimum Gasteiger partial charge on any atom is -0.455 e. The number of para-hydroxylation sites is 2. The molecule has 9 rings (SSSR count). The fourth-order valence-corrected chi connectivity index (χ4v) is 7.52. The van der Waals surface area contributed by atoms with Gasteiger partial charge in [-0.25, -0.2) is 0 Å². The van der Waals surface area contributed by atoms with E-state index in [4.69, 9.17) is 4.42 Å². The van der Waals surface area contributed by atoms with Crippen LogP contribution in [0.25, 0.3) is 76.9 Å². The quantitative estimate of drug-likeness (QED) is 0.200. The molecule has 8 aromatic rings. The molecular weight excluding hydrogens is 508 g/mol. The molecule has 0 bridgehead atoms. The van der Waals surface area contributed by atoms with Crippen LogP contribution in [-0.4, -0.2) is 0 Å². The zero-order valence-corrected chi connectivity index (χ0v) is 23.6. The molecule has 1 aliphatic rings. The molecule has 42 heavy (non-hydrogen) atoms. The van der Waals surface area contributed by atoms with Gasteiger partial charge in [-0.3, -0.25) is 0 Å². The van der Waals surface area contributed by atoms with E-state index in [1.165, 1.54) is 54.9 Å². The number of benzene rings is 7. The van der Waals surface area contributed by atoms with Crippen LogP contribution in [0.1, 0.15) is 25.0 Å². The van der Waals surface area contributed by atoms with Crippen LogP contribution < -0.4 is 0 Å². The van der Waals surface area contributed by atoms with Crippen LogP contribution in [0.5, 0.6) is 0 Å². The van der Waals surface area contributed by atoms with Gasteiger partial charge in [0.2, 0.25) is 0 Å². The summed E-state index contributed by atoms with van der Waals surface area (Å²) in [4.78, 5) is 0. The predicted octanol–water partition coefficient (Wildman–Crippen LogP) is 11.5. The highest BCUT2D eigenvalue weighted by Gasteiger charge is 2.34. The molecule has 0 unspecified atom stereocenters. The second kappa shape index (κ2) is 8.44. The van der Waals surface area contributed by atoms with Gasteiger partial charge in [-0.15, -0.1) is 0 Å². The standard InChI is InChI=1S/C41H28O/c1-41(2)34-18-7-5-14-32(34)38-30-13-4-3-12-29(30)37(33-17-10-19-35(41)39(33)38)26-23-21-25(22-24-26)27-15-9-16-31-28-11-6-8-20-36(28)42-40(27)31/h3-24H,1-2H3. The molecule has 0 amide bonds. The van der Waals surface area contributed by atoms with Gasteiger partial charge >= 0.3 is 0 Å². The van der Waals surface area contributed by atoms with Gasteiger partial charge in [0.1, 0.15) is 11.2 Å². The number of fused-ring (bicyclic) bond motifs is 7. The highest BCUT2D eigenvalue weighted by Crippen LogP contribution is 2.53. The smallest absolute Gasteiger partial charge is 0.143 e. The Bertz CT molecular complexity index is 2370. The summed E-state index contributed by atoms with van der Waals surface area (Å²) in [6.45, 7) is 4.73. The van der Waals surface area contributed by atoms with E-state index >= 15 is 0 Å². The summed E-state index contributed by atoms with van der Waals surface area (Å²) < 4.78 is 6.36. The zero-order valence-electron chi connectivity index (χ0n) is 23.6. The molecule has 1 aromatic heterocycles. The van der Waals surface area contributed by atoms with Gasteiger partial charge in [0, 0.05) is 21.8 Å². The van der Waals surface area contributed by atoms with Crippen molar-refractivity contribution < 1.29 is 4.42 Å². The highest BCUT2D eigenvalue weighted by atomic mass is 16.3. The topological polar surface area (TPSA) is 13.1 Å². The lowest BCUT2D eigenvalue weighted by molar-refractivity contribution is 0.645. The molecule has 7 aromatic carbocycles. The van der Waals surface area contributed by atoms with Crippen LogP contribution >= 0.6 is 0 Å². The van der Waals surface area contributed by atoms with Gasteiger partial charge in [0.05, 0.1) is 0 Å². The molecule has 1 nitrogen and oxygen atoms in total. The summed E-state index contributed by atoms with van der Waals surface area (Å²) >= 11 is 0. The summed E-state index contributed by atoms with van der Waals surface area (Å²) in [5, 5.41) is 7.61. The summed E-state index contributed by atoms with van der Waals surface area (Å²) in [5.41, 5.74) is 12.1. The van der Waals surface area contributed by atoms with Crippen LogP contribution in [0.4, 0.5) is 0 Å². The first-order valence-electron chi connectivity index (χ1n) is 14.7. The summed E-state index contributed by atoms with van der Waals surface area (Å²) in [6, 6.07) is 48.6. The molecule has 1 heteroatoms.